The van der Waals surface area contributed by atoms with Crippen molar-refractivity contribution < 1.29 is 14.3 Å². The second kappa shape index (κ2) is 10.9. The van der Waals surface area contributed by atoms with Crippen LogP contribution in [0.2, 0.25) is 10.0 Å². The molecule has 1 amide bonds. The average Bonchev–Trinajstić information content (AvgIpc) is 3.48. The topological polar surface area (TPSA) is 82.8 Å². The fourth-order valence-electron chi connectivity index (χ4n) is 3.82. The molecule has 1 fully saturated rings. The molecule has 0 radical (unpaired) electrons. The molecule has 0 unspecified atom stereocenters. The summed E-state index contributed by atoms with van der Waals surface area (Å²) < 4.78 is 13.8. The molecule has 1 aliphatic rings. The third kappa shape index (κ3) is 5.83. The standard InChI is InChI=1S/C19H19Cl2N5O2.C6H5F/c1-2-13-9-22-16-3-4-17(24-26(13)16)25-6-5-12(10-25)23-19(28)14-7-11(20)8-15(21)18(14)27;7-6-4-2-1-3-5-6/h3-4,7-9,12,27H,2,5-6,10H2,1H3,(H,23,28);1-5H/t12-;/m0./s1. The van der Waals surface area contributed by atoms with Crippen LogP contribution in [-0.2, 0) is 6.42 Å². The molecule has 7 nitrogen and oxygen atoms in total. The van der Waals surface area contributed by atoms with E-state index < -0.39 is 5.91 Å². The molecule has 182 valence electrons. The number of phenolic OH excluding ortho intramolecular Hbond substituents is 1. The van der Waals surface area contributed by atoms with E-state index in [1.165, 1.54) is 24.3 Å². The minimum Gasteiger partial charge on any atom is -0.506 e. The van der Waals surface area contributed by atoms with Crippen molar-refractivity contribution in [3.8, 4) is 5.75 Å². The van der Waals surface area contributed by atoms with E-state index >= 15 is 0 Å². The summed E-state index contributed by atoms with van der Waals surface area (Å²) >= 11 is 11.9. The lowest BCUT2D eigenvalue weighted by atomic mass is 10.1. The quantitative estimate of drug-likeness (QED) is 0.393. The highest BCUT2D eigenvalue weighted by Gasteiger charge is 2.27. The van der Waals surface area contributed by atoms with Gasteiger partial charge in [0.1, 0.15) is 17.4 Å². The molecule has 0 bridgehead atoms. The third-order valence-electron chi connectivity index (χ3n) is 5.63. The van der Waals surface area contributed by atoms with Crippen LogP contribution in [0.4, 0.5) is 10.2 Å². The first-order valence-electron chi connectivity index (χ1n) is 11.1. The maximum absolute atomic E-state index is 12.6. The number of carbonyl (C=O) groups is 1. The van der Waals surface area contributed by atoms with Crippen LogP contribution < -0.4 is 10.2 Å². The number of aromatic nitrogens is 3. The smallest absolute Gasteiger partial charge is 0.255 e. The summed E-state index contributed by atoms with van der Waals surface area (Å²) in [6.45, 7) is 3.45. The number of amides is 1. The zero-order valence-corrected chi connectivity index (χ0v) is 20.5. The monoisotopic (exact) mass is 515 g/mol. The number of aromatic hydroxyl groups is 1. The number of imidazole rings is 1. The second-order valence-corrected chi connectivity index (χ2v) is 8.89. The van der Waals surface area contributed by atoms with Gasteiger partial charge in [0, 0.05) is 24.2 Å². The summed E-state index contributed by atoms with van der Waals surface area (Å²) in [5.74, 6) is -0.00845. The molecule has 2 N–H and O–H groups in total. The summed E-state index contributed by atoms with van der Waals surface area (Å²) in [4.78, 5) is 19.0. The first-order valence-corrected chi connectivity index (χ1v) is 11.9. The van der Waals surface area contributed by atoms with E-state index in [0.29, 0.717) is 11.6 Å². The Morgan fingerprint density at radius 2 is 1.97 bits per heavy atom. The molecule has 2 aromatic heterocycles. The number of phenols is 1. The summed E-state index contributed by atoms with van der Waals surface area (Å²) in [5, 5.41) is 18.0. The number of hydrogen-bond acceptors (Lipinski definition) is 5. The largest absolute Gasteiger partial charge is 0.506 e. The van der Waals surface area contributed by atoms with E-state index in [-0.39, 0.29) is 28.2 Å². The summed E-state index contributed by atoms with van der Waals surface area (Å²) in [6.07, 6.45) is 3.45. The molecule has 1 aliphatic heterocycles. The molecule has 3 heterocycles. The molecule has 4 aromatic rings. The Labute approximate surface area is 212 Å². The maximum Gasteiger partial charge on any atom is 0.255 e. The van der Waals surface area contributed by atoms with Crippen molar-refractivity contribution in [3.05, 3.63) is 87.9 Å². The Morgan fingerprint density at radius 3 is 2.66 bits per heavy atom. The average molecular weight is 516 g/mol. The number of aryl methyl sites for hydroxylation is 1. The highest BCUT2D eigenvalue weighted by Crippen LogP contribution is 2.31. The van der Waals surface area contributed by atoms with E-state index in [2.05, 4.69) is 27.2 Å². The van der Waals surface area contributed by atoms with Crippen molar-refractivity contribution in [1.29, 1.82) is 0 Å². The number of nitrogens with zero attached hydrogens (tertiary/aromatic N) is 4. The van der Waals surface area contributed by atoms with Gasteiger partial charge in [0.2, 0.25) is 0 Å². The van der Waals surface area contributed by atoms with Crippen LogP contribution in [0.3, 0.4) is 0 Å². The lowest BCUT2D eigenvalue weighted by Gasteiger charge is -2.18. The SMILES string of the molecule is CCc1cnc2ccc(N3CC[C@H](NC(=O)c4cc(Cl)cc(Cl)c4O)C3)nn12.Fc1ccccc1. The normalized spacial score (nSPS) is 15.1. The Hall–Kier alpha value is -3.36. The Kier molecular flexibility index (Phi) is 7.73. The van der Waals surface area contributed by atoms with Gasteiger partial charge in [-0.1, -0.05) is 48.3 Å². The van der Waals surface area contributed by atoms with Gasteiger partial charge in [-0.3, -0.25) is 4.79 Å². The van der Waals surface area contributed by atoms with Gasteiger partial charge in [-0.25, -0.2) is 13.9 Å². The van der Waals surface area contributed by atoms with E-state index in [9.17, 15) is 14.3 Å². The molecule has 0 saturated carbocycles. The lowest BCUT2D eigenvalue weighted by Crippen LogP contribution is -2.37. The van der Waals surface area contributed by atoms with Crippen LogP contribution in [0.1, 0.15) is 29.4 Å². The first kappa shape index (κ1) is 24.8. The number of hydrogen-bond donors (Lipinski definition) is 2. The van der Waals surface area contributed by atoms with E-state index in [1.807, 2.05) is 22.8 Å². The van der Waals surface area contributed by atoms with Crippen molar-refractivity contribution in [2.24, 2.45) is 0 Å². The van der Waals surface area contributed by atoms with Gasteiger partial charge in [-0.2, -0.15) is 0 Å². The number of rotatable bonds is 4. The van der Waals surface area contributed by atoms with Gasteiger partial charge in [0.15, 0.2) is 5.65 Å². The molecule has 2 aromatic carbocycles. The van der Waals surface area contributed by atoms with Crippen molar-refractivity contribution in [1.82, 2.24) is 19.9 Å². The van der Waals surface area contributed by atoms with Crippen LogP contribution >= 0.6 is 23.2 Å². The van der Waals surface area contributed by atoms with Crippen LogP contribution in [0.15, 0.2) is 60.8 Å². The Balaban J connectivity index is 0.000000356. The highest BCUT2D eigenvalue weighted by atomic mass is 35.5. The van der Waals surface area contributed by atoms with Gasteiger partial charge in [0.05, 0.1) is 22.5 Å². The van der Waals surface area contributed by atoms with Crippen LogP contribution in [-0.4, -0.2) is 44.7 Å². The molecule has 0 aliphatic carbocycles. The minimum atomic E-state index is -0.403. The first-order chi connectivity index (χ1) is 16.9. The predicted molar refractivity (Wildman–Crippen MR) is 135 cm³/mol. The summed E-state index contributed by atoms with van der Waals surface area (Å²) in [5.41, 5.74) is 1.94. The predicted octanol–water partition coefficient (Wildman–Crippen LogP) is 5.14. The molecular weight excluding hydrogens is 492 g/mol. The molecule has 1 atom stereocenters. The zero-order valence-electron chi connectivity index (χ0n) is 19.0. The van der Waals surface area contributed by atoms with Gasteiger partial charge >= 0.3 is 0 Å². The lowest BCUT2D eigenvalue weighted by molar-refractivity contribution is 0.0937. The number of carbonyl (C=O) groups excluding carboxylic acids is 1. The van der Waals surface area contributed by atoms with Crippen molar-refractivity contribution in [3.63, 3.8) is 0 Å². The molecule has 0 spiro atoms. The number of benzene rings is 2. The third-order valence-corrected chi connectivity index (χ3v) is 6.14. The van der Waals surface area contributed by atoms with Crippen LogP contribution in [0.25, 0.3) is 5.65 Å². The van der Waals surface area contributed by atoms with Crippen LogP contribution in [0, 0.1) is 5.82 Å². The molecular formula is C25H24Cl2FN5O2. The zero-order chi connectivity index (χ0) is 24.9. The molecule has 10 heteroatoms. The minimum absolute atomic E-state index is 0.0512. The fourth-order valence-corrected chi connectivity index (χ4v) is 4.32. The number of nitrogens with one attached hydrogen (secondary N) is 1. The van der Waals surface area contributed by atoms with Gasteiger partial charge < -0.3 is 15.3 Å². The van der Waals surface area contributed by atoms with Gasteiger partial charge in [-0.15, -0.1) is 5.10 Å². The van der Waals surface area contributed by atoms with Crippen molar-refractivity contribution in [2.45, 2.75) is 25.8 Å². The summed E-state index contributed by atoms with van der Waals surface area (Å²) in [6, 6.07) is 14.6. The van der Waals surface area contributed by atoms with Gasteiger partial charge in [-0.05, 0) is 49.2 Å². The molecule has 5 rings (SSSR count). The Morgan fingerprint density at radius 1 is 1.20 bits per heavy atom. The summed E-state index contributed by atoms with van der Waals surface area (Å²) in [7, 11) is 0. The number of anilines is 1. The van der Waals surface area contributed by atoms with E-state index in [1.54, 1.807) is 18.2 Å². The van der Waals surface area contributed by atoms with Crippen molar-refractivity contribution in [2.75, 3.05) is 18.0 Å². The van der Waals surface area contributed by atoms with Crippen molar-refractivity contribution >= 4 is 40.6 Å². The number of fused-ring (bicyclic) bond motifs is 1. The van der Waals surface area contributed by atoms with Crippen LogP contribution in [0.5, 0.6) is 5.75 Å². The Bertz CT molecular complexity index is 1330. The van der Waals surface area contributed by atoms with E-state index in [0.717, 1.165) is 36.5 Å². The van der Waals surface area contributed by atoms with E-state index in [4.69, 9.17) is 23.2 Å². The maximum atomic E-state index is 12.6. The van der Waals surface area contributed by atoms with Gasteiger partial charge in [0.25, 0.3) is 5.91 Å². The number of halogens is 3. The fraction of sp³-hybridized carbons (Fsp3) is 0.240. The second-order valence-electron chi connectivity index (χ2n) is 8.05. The highest BCUT2D eigenvalue weighted by molar-refractivity contribution is 6.36. The molecule has 35 heavy (non-hydrogen) atoms. The molecule has 1 saturated heterocycles.